The lowest BCUT2D eigenvalue weighted by molar-refractivity contribution is -0.144. The molecule has 0 aliphatic heterocycles. The summed E-state index contributed by atoms with van der Waals surface area (Å²) in [5.74, 6) is -22.3. The molecule has 0 aromatic rings. The van der Waals surface area contributed by atoms with Crippen LogP contribution in [0.5, 0.6) is 0 Å². The fraction of sp³-hybridized carbons (Fsp3) is 0.636. The third-order valence-electron chi connectivity index (χ3n) is 14.2. The Morgan fingerprint density at radius 2 is 0.406 bits per heavy atom. The van der Waals surface area contributed by atoms with Crippen molar-refractivity contribution in [2.24, 2.45) is 34.4 Å². The number of aliphatic carboxylic acids is 6. The van der Waals surface area contributed by atoms with E-state index in [4.69, 9.17) is 66.6 Å². The molecule has 0 bridgehead atoms. The van der Waals surface area contributed by atoms with Crippen molar-refractivity contribution in [3.63, 3.8) is 0 Å². The summed E-state index contributed by atoms with van der Waals surface area (Å²) in [6, 6.07) is -17.6. The van der Waals surface area contributed by atoms with Gasteiger partial charge >= 0.3 is 35.8 Å². The molecule has 46 nitrogen and oxygen atoms in total. The zero-order valence-electron chi connectivity index (χ0n) is 55.2. The molecule has 0 spiro atoms. The van der Waals surface area contributed by atoms with Gasteiger partial charge in [0.1, 0.15) is 54.4 Å². The van der Waals surface area contributed by atoms with Crippen LogP contribution in [0.3, 0.4) is 0 Å². The van der Waals surface area contributed by atoms with Crippen molar-refractivity contribution in [2.45, 2.75) is 189 Å². The summed E-state index contributed by atoms with van der Waals surface area (Å²) in [7, 11) is 0. The van der Waals surface area contributed by atoms with Gasteiger partial charge in [-0.25, -0.2) is 4.79 Å². The minimum atomic E-state index is -1.97. The van der Waals surface area contributed by atoms with Crippen LogP contribution in [0.4, 0.5) is 0 Å². The number of hydrogen-bond donors (Lipinski definition) is 31. The van der Waals surface area contributed by atoms with Crippen LogP contribution < -0.4 is 109 Å². The predicted octanol–water partition coefficient (Wildman–Crippen LogP) is -9.60. The zero-order valence-corrected chi connectivity index (χ0v) is 55.2. The number of nitrogens with two attached hydrogens (primary N) is 6. The first kappa shape index (κ1) is 89.4. The van der Waals surface area contributed by atoms with Crippen molar-refractivity contribution >= 4 is 119 Å². The summed E-state index contributed by atoms with van der Waals surface area (Å²) < 4.78 is 0. The number of hydrogen-bond acceptors (Lipinski definition) is 21. The van der Waals surface area contributed by atoms with Crippen LogP contribution >= 0.6 is 0 Å². The second-order valence-corrected chi connectivity index (χ2v) is 22.6. The molecule has 10 atom stereocenters. The molecule has 0 heterocycles. The Balaban J connectivity index is 7.57. The van der Waals surface area contributed by atoms with Crippen LogP contribution in [-0.4, -0.2) is 243 Å². The van der Waals surface area contributed by atoms with Gasteiger partial charge in [0.05, 0.1) is 6.04 Å². The van der Waals surface area contributed by atoms with Gasteiger partial charge in [0.2, 0.25) is 53.2 Å². The maximum atomic E-state index is 14.5. The van der Waals surface area contributed by atoms with Crippen LogP contribution in [0, 0.1) is 27.0 Å². The van der Waals surface area contributed by atoms with Gasteiger partial charge in [0.25, 0.3) is 0 Å². The summed E-state index contributed by atoms with van der Waals surface area (Å²) in [4.78, 5) is 198. The lowest BCUT2D eigenvalue weighted by Crippen LogP contribution is -2.60. The first-order chi connectivity index (χ1) is 47.3. The molecule has 101 heavy (non-hydrogen) atoms. The predicted molar refractivity (Wildman–Crippen MR) is 353 cm³/mol. The lowest BCUT2D eigenvalue weighted by Gasteiger charge is -2.28. The van der Waals surface area contributed by atoms with Crippen molar-refractivity contribution in [1.29, 1.82) is 27.0 Å². The van der Waals surface area contributed by atoms with Gasteiger partial charge in [-0.1, -0.05) is 0 Å². The molecule has 37 N–H and O–H groups in total. The molecular formula is C55H97N25O21. The van der Waals surface area contributed by atoms with Gasteiger partial charge < -0.3 is 139 Å². The Morgan fingerprint density at radius 3 is 0.584 bits per heavy atom. The molecule has 9 amide bonds. The maximum absolute atomic E-state index is 14.5. The van der Waals surface area contributed by atoms with E-state index in [0.29, 0.717) is 0 Å². The normalized spacial score (nSPS) is 13.6. The van der Waals surface area contributed by atoms with Gasteiger partial charge in [-0.2, -0.15) is 0 Å². The van der Waals surface area contributed by atoms with Crippen LogP contribution in [0.15, 0.2) is 0 Å². The molecule has 568 valence electrons. The highest BCUT2D eigenvalue weighted by molar-refractivity contribution is 5.99. The van der Waals surface area contributed by atoms with E-state index in [0.717, 1.165) is 0 Å². The Labute approximate surface area is 577 Å². The highest BCUT2D eigenvalue weighted by Crippen LogP contribution is 2.12. The van der Waals surface area contributed by atoms with E-state index in [-0.39, 0.29) is 90.0 Å². The van der Waals surface area contributed by atoms with E-state index in [1.807, 2.05) is 0 Å². The number of carboxylic acid groups (broad SMARTS) is 6. The maximum Gasteiger partial charge on any atom is 0.326 e. The van der Waals surface area contributed by atoms with Crippen molar-refractivity contribution in [2.75, 3.05) is 32.7 Å². The number of carboxylic acids is 6. The Bertz CT molecular complexity index is 2920. The number of amides is 9. The highest BCUT2D eigenvalue weighted by atomic mass is 16.4. The molecule has 0 radical (unpaired) electrons. The average molecular weight is 1440 g/mol. The molecule has 0 fully saturated rings. The highest BCUT2D eigenvalue weighted by Gasteiger charge is 2.37. The van der Waals surface area contributed by atoms with Crippen LogP contribution in [0.25, 0.3) is 0 Å². The largest absolute Gasteiger partial charge is 0.481 e. The van der Waals surface area contributed by atoms with Crippen molar-refractivity contribution in [1.82, 2.24) is 74.4 Å². The molecule has 46 heteroatoms. The number of carbonyl (C=O) groups excluding carboxylic acids is 9. The van der Waals surface area contributed by atoms with E-state index in [2.05, 4.69) is 74.4 Å². The summed E-state index contributed by atoms with van der Waals surface area (Å²) in [6.07, 6.45) is -9.14. The second-order valence-electron chi connectivity index (χ2n) is 22.6. The second kappa shape index (κ2) is 49.0. The SMILES string of the molecule is N=C(N)NCCC[C@H](NC(=O)[C@H](CCC(=O)O)NC(=O)[C@H](CCCNC(=N)N)NC(=O)[C@H](CCC(=O)O)NC(=O)[C@H](CCCNC(=N)N)NC(=O)[C@H](CCC(=O)O)NC(=O)[C@H](CCCNC(=N)N)NC(=O)[C@H](CCC(=O)O)NC(=O)[C@@H](N)CCCNC(=N)N)C(=O)N[C@@H](CCC(=O)O)C(=O)O. The molecule has 0 rings (SSSR count). The van der Waals surface area contributed by atoms with E-state index in [9.17, 15) is 97.5 Å². The van der Waals surface area contributed by atoms with Gasteiger partial charge in [-0.3, -0.25) is 94.2 Å². The summed E-state index contributed by atoms with van der Waals surface area (Å²) >= 11 is 0. The molecule has 0 aliphatic carbocycles. The van der Waals surface area contributed by atoms with E-state index < -0.39 is 250 Å². The smallest absolute Gasteiger partial charge is 0.326 e. The van der Waals surface area contributed by atoms with E-state index in [1.165, 1.54) is 0 Å². The fourth-order valence-electron chi connectivity index (χ4n) is 9.00. The number of nitrogens with one attached hydrogen (secondary N) is 19. The molecule has 0 saturated heterocycles. The van der Waals surface area contributed by atoms with Crippen LogP contribution in [0.1, 0.15) is 128 Å². The molecule has 0 aromatic carbocycles. The molecule has 0 aliphatic rings. The Kier molecular flexibility index (Phi) is 43.3. The van der Waals surface area contributed by atoms with Gasteiger partial charge in [-0.05, 0) is 96.3 Å². The molecule has 0 aromatic heterocycles. The van der Waals surface area contributed by atoms with Crippen LogP contribution in [-0.2, 0) is 71.9 Å². The van der Waals surface area contributed by atoms with Crippen molar-refractivity contribution in [3.8, 4) is 0 Å². The first-order valence-electron chi connectivity index (χ1n) is 31.5. The third-order valence-corrected chi connectivity index (χ3v) is 14.2. The van der Waals surface area contributed by atoms with Gasteiger partial charge in [0.15, 0.2) is 29.8 Å². The topological polar surface area (TPSA) is 821 Å². The van der Waals surface area contributed by atoms with Crippen molar-refractivity contribution in [3.05, 3.63) is 0 Å². The Morgan fingerprint density at radius 1 is 0.248 bits per heavy atom. The summed E-state index contributed by atoms with van der Waals surface area (Å²) in [6.45, 7) is -0.370. The number of guanidine groups is 5. The molecule has 0 unspecified atom stereocenters. The molecular weight excluding hydrogens is 1350 g/mol. The van der Waals surface area contributed by atoms with Crippen LogP contribution in [0.2, 0.25) is 0 Å². The molecule has 0 saturated carbocycles. The lowest BCUT2D eigenvalue weighted by atomic mass is 10.0. The summed E-state index contributed by atoms with van der Waals surface area (Å²) in [5, 5.41) is 128. The Hall–Kier alpha value is -11.6. The van der Waals surface area contributed by atoms with Gasteiger partial charge in [-0.15, -0.1) is 0 Å². The van der Waals surface area contributed by atoms with Crippen molar-refractivity contribution < 1.29 is 103 Å². The standard InChI is InChI=1S/C55H97N25O21/c56-26(6-1-21-67-51(57)58)41(91)72-31(11-16-36(81)82)46(96)73-27(7-2-22-68-52(59)60)42(92)77-32(12-17-37(83)84)47(97)74-28(8-3-23-69-53(61)62)43(93)78-33(13-18-38(85)86)48(98)75-29(9-4-24-70-54(63)64)44(94)79-34(14-19-39(87)88)49(99)76-30(10-5-25-71-55(65)66)45(95)80-35(50(100)101)15-20-40(89)90/h26-35H,1-25,56H2,(H,72,91)(H,73,96)(H,74,97)(H,75,98)(H,76,99)(H,77,92)(H,78,93)(H,79,94)(H,80,95)(H,81,82)(H,83,84)(H,85,86)(H,87,88)(H,89,90)(H,100,101)(H4,57,58,67)(H4,59,60,68)(H4,61,62,69)(H4,63,64,70)(H4,65,66,71)/t26-,27-,28-,29-,30-,31-,32-,33-,34-,35-/m0/s1. The zero-order chi connectivity index (χ0) is 76.9. The average Bonchev–Trinajstić information content (AvgIpc) is 0.863. The van der Waals surface area contributed by atoms with E-state index in [1.54, 1.807) is 0 Å². The third kappa shape index (κ3) is 42.6. The first-order valence-corrected chi connectivity index (χ1v) is 31.5. The fourth-order valence-corrected chi connectivity index (χ4v) is 9.00. The number of rotatable bonds is 54. The quantitative estimate of drug-likeness (QED) is 0.0153. The minimum absolute atomic E-state index is 0.00855. The van der Waals surface area contributed by atoms with E-state index >= 15 is 0 Å². The monoisotopic (exact) mass is 1440 g/mol. The van der Waals surface area contributed by atoms with Gasteiger partial charge in [0, 0.05) is 64.8 Å². The minimum Gasteiger partial charge on any atom is -0.481 e. The number of carbonyl (C=O) groups is 15. The summed E-state index contributed by atoms with van der Waals surface area (Å²) in [5.41, 5.74) is 32.9.